The normalized spacial score (nSPS) is 25.9. The predicted molar refractivity (Wildman–Crippen MR) is 80.3 cm³/mol. The SMILES string of the molecule is Cc1oc(C)c(C(NN)C2CC(C)(C)OC2(C)C)c1C. The number of hydrogen-bond acceptors (Lipinski definition) is 4. The van der Waals surface area contributed by atoms with Crippen LogP contribution in [-0.2, 0) is 4.74 Å². The van der Waals surface area contributed by atoms with E-state index < -0.39 is 0 Å². The zero-order valence-corrected chi connectivity index (χ0v) is 13.8. The summed E-state index contributed by atoms with van der Waals surface area (Å²) in [5.74, 6) is 8.11. The molecule has 0 amide bonds. The van der Waals surface area contributed by atoms with Crippen molar-refractivity contribution < 1.29 is 9.15 Å². The zero-order valence-electron chi connectivity index (χ0n) is 13.8. The van der Waals surface area contributed by atoms with Crippen molar-refractivity contribution in [3.63, 3.8) is 0 Å². The first-order valence-electron chi connectivity index (χ1n) is 7.32. The van der Waals surface area contributed by atoms with E-state index in [1.165, 1.54) is 11.1 Å². The van der Waals surface area contributed by atoms with Crippen molar-refractivity contribution in [3.8, 4) is 0 Å². The van der Waals surface area contributed by atoms with E-state index in [0.717, 1.165) is 17.9 Å². The molecule has 1 saturated heterocycles. The summed E-state index contributed by atoms with van der Waals surface area (Å²) < 4.78 is 12.0. The second-order valence-electron chi connectivity index (χ2n) is 7.17. The van der Waals surface area contributed by atoms with Crippen LogP contribution in [0.1, 0.15) is 62.8 Å². The second kappa shape index (κ2) is 4.86. The van der Waals surface area contributed by atoms with E-state index in [9.17, 15) is 0 Å². The topological polar surface area (TPSA) is 60.4 Å². The summed E-state index contributed by atoms with van der Waals surface area (Å²) in [6, 6.07) is 0.0456. The van der Waals surface area contributed by atoms with Crippen LogP contribution in [0.4, 0.5) is 0 Å². The Morgan fingerprint density at radius 2 is 1.75 bits per heavy atom. The van der Waals surface area contributed by atoms with Gasteiger partial charge in [-0.3, -0.25) is 11.3 Å². The van der Waals surface area contributed by atoms with Gasteiger partial charge in [-0.2, -0.15) is 0 Å². The zero-order chi connectivity index (χ0) is 15.3. The fraction of sp³-hybridized carbons (Fsp3) is 0.750. The third kappa shape index (κ3) is 2.52. The molecule has 0 aromatic carbocycles. The number of furan rings is 1. The molecule has 4 nitrogen and oxygen atoms in total. The number of hydrogen-bond donors (Lipinski definition) is 2. The Balaban J connectivity index is 2.43. The van der Waals surface area contributed by atoms with Crippen molar-refractivity contribution in [2.24, 2.45) is 11.8 Å². The lowest BCUT2D eigenvalue weighted by Crippen LogP contribution is -2.41. The molecule has 1 aromatic rings. The van der Waals surface area contributed by atoms with Gasteiger partial charge in [-0.05, 0) is 60.5 Å². The first-order valence-corrected chi connectivity index (χ1v) is 7.32. The molecule has 0 saturated carbocycles. The van der Waals surface area contributed by atoms with Crippen LogP contribution in [-0.4, -0.2) is 11.2 Å². The summed E-state index contributed by atoms with van der Waals surface area (Å²) in [5.41, 5.74) is 5.04. The molecule has 2 heterocycles. The van der Waals surface area contributed by atoms with Gasteiger partial charge in [-0.25, -0.2) is 0 Å². The monoisotopic (exact) mass is 280 g/mol. The first kappa shape index (κ1) is 15.5. The Kier molecular flexibility index (Phi) is 3.78. The lowest BCUT2D eigenvalue weighted by atomic mass is 9.78. The van der Waals surface area contributed by atoms with Crippen LogP contribution < -0.4 is 11.3 Å². The third-order valence-corrected chi connectivity index (χ3v) is 4.65. The summed E-state index contributed by atoms with van der Waals surface area (Å²) in [6.07, 6.45) is 0.970. The van der Waals surface area contributed by atoms with E-state index >= 15 is 0 Å². The molecular formula is C16H28N2O2. The van der Waals surface area contributed by atoms with Gasteiger partial charge in [-0.15, -0.1) is 0 Å². The molecule has 2 unspecified atom stereocenters. The number of rotatable bonds is 3. The Morgan fingerprint density at radius 3 is 2.10 bits per heavy atom. The summed E-state index contributed by atoms with van der Waals surface area (Å²) in [5, 5.41) is 0. The maximum atomic E-state index is 6.21. The number of hydrazine groups is 1. The van der Waals surface area contributed by atoms with Gasteiger partial charge in [0.1, 0.15) is 11.5 Å². The van der Waals surface area contributed by atoms with Crippen molar-refractivity contribution in [1.29, 1.82) is 0 Å². The van der Waals surface area contributed by atoms with Crippen LogP contribution in [0.2, 0.25) is 0 Å². The van der Waals surface area contributed by atoms with Crippen LogP contribution in [0.15, 0.2) is 4.42 Å². The van der Waals surface area contributed by atoms with E-state index in [2.05, 4.69) is 40.0 Å². The summed E-state index contributed by atoms with van der Waals surface area (Å²) in [4.78, 5) is 0. The Hall–Kier alpha value is -0.840. The Labute approximate surface area is 122 Å². The van der Waals surface area contributed by atoms with Gasteiger partial charge in [0.2, 0.25) is 0 Å². The predicted octanol–water partition coefficient (Wildman–Crippen LogP) is 3.30. The highest BCUT2D eigenvalue weighted by molar-refractivity contribution is 5.35. The lowest BCUT2D eigenvalue weighted by molar-refractivity contribution is -0.0779. The standard InChI is InChI=1S/C16H28N2O2/c1-9-10(2)19-11(3)13(9)14(18-17)12-8-15(4,5)20-16(12,6)7/h12,14,18H,8,17H2,1-7H3. The van der Waals surface area contributed by atoms with Crippen LogP contribution in [0.25, 0.3) is 0 Å². The van der Waals surface area contributed by atoms with Crippen LogP contribution >= 0.6 is 0 Å². The molecule has 0 spiro atoms. The molecule has 2 rings (SSSR count). The fourth-order valence-electron chi connectivity index (χ4n) is 3.79. The van der Waals surface area contributed by atoms with Crippen molar-refractivity contribution in [1.82, 2.24) is 5.43 Å². The van der Waals surface area contributed by atoms with Gasteiger partial charge in [0.25, 0.3) is 0 Å². The minimum Gasteiger partial charge on any atom is -0.466 e. The van der Waals surface area contributed by atoms with Crippen molar-refractivity contribution >= 4 is 0 Å². The van der Waals surface area contributed by atoms with Crippen molar-refractivity contribution in [3.05, 3.63) is 22.6 Å². The van der Waals surface area contributed by atoms with Gasteiger partial charge in [0, 0.05) is 11.5 Å². The molecule has 0 aliphatic carbocycles. The fourth-order valence-corrected chi connectivity index (χ4v) is 3.79. The molecule has 1 fully saturated rings. The number of ether oxygens (including phenoxy) is 1. The summed E-state index contributed by atoms with van der Waals surface area (Å²) >= 11 is 0. The van der Waals surface area contributed by atoms with Gasteiger partial charge >= 0.3 is 0 Å². The molecule has 2 atom stereocenters. The van der Waals surface area contributed by atoms with Crippen molar-refractivity contribution in [2.45, 2.75) is 72.1 Å². The summed E-state index contributed by atoms with van der Waals surface area (Å²) in [6.45, 7) is 14.7. The van der Waals surface area contributed by atoms with Crippen LogP contribution in [0.3, 0.4) is 0 Å². The highest BCUT2D eigenvalue weighted by Gasteiger charge is 2.50. The van der Waals surface area contributed by atoms with Gasteiger partial charge in [0.15, 0.2) is 0 Å². The van der Waals surface area contributed by atoms with Gasteiger partial charge < -0.3 is 9.15 Å². The van der Waals surface area contributed by atoms with Crippen LogP contribution in [0.5, 0.6) is 0 Å². The Morgan fingerprint density at radius 1 is 1.15 bits per heavy atom. The molecule has 114 valence electrons. The lowest BCUT2D eigenvalue weighted by Gasteiger charge is -2.33. The average molecular weight is 280 g/mol. The molecule has 1 aromatic heterocycles. The van der Waals surface area contributed by atoms with E-state index in [1.807, 2.05) is 13.8 Å². The number of nitrogens with one attached hydrogen (secondary N) is 1. The van der Waals surface area contributed by atoms with E-state index in [1.54, 1.807) is 0 Å². The smallest absolute Gasteiger partial charge is 0.106 e. The quantitative estimate of drug-likeness (QED) is 0.659. The van der Waals surface area contributed by atoms with Crippen molar-refractivity contribution in [2.75, 3.05) is 0 Å². The maximum Gasteiger partial charge on any atom is 0.106 e. The molecule has 3 N–H and O–H groups in total. The number of nitrogens with two attached hydrogens (primary N) is 1. The third-order valence-electron chi connectivity index (χ3n) is 4.65. The number of aryl methyl sites for hydroxylation is 2. The highest BCUT2D eigenvalue weighted by Crippen LogP contribution is 2.48. The molecular weight excluding hydrogens is 252 g/mol. The van der Waals surface area contributed by atoms with Gasteiger partial charge in [-0.1, -0.05) is 0 Å². The maximum absolute atomic E-state index is 6.21. The minimum absolute atomic E-state index is 0.0456. The molecule has 20 heavy (non-hydrogen) atoms. The van der Waals surface area contributed by atoms with Gasteiger partial charge in [0.05, 0.1) is 17.2 Å². The molecule has 4 heteroatoms. The Bertz CT molecular complexity index is 503. The van der Waals surface area contributed by atoms with E-state index in [-0.39, 0.29) is 17.2 Å². The largest absolute Gasteiger partial charge is 0.466 e. The van der Waals surface area contributed by atoms with Crippen LogP contribution in [0, 0.1) is 26.7 Å². The minimum atomic E-state index is -0.218. The molecule has 0 radical (unpaired) electrons. The molecule has 1 aliphatic rings. The first-order chi connectivity index (χ1) is 9.09. The second-order valence-corrected chi connectivity index (χ2v) is 7.17. The molecule has 0 bridgehead atoms. The summed E-state index contributed by atoms with van der Waals surface area (Å²) in [7, 11) is 0. The molecule has 1 aliphatic heterocycles. The highest BCUT2D eigenvalue weighted by atomic mass is 16.5. The van der Waals surface area contributed by atoms with E-state index in [0.29, 0.717) is 5.92 Å². The average Bonchev–Trinajstić information content (AvgIpc) is 2.66. The van der Waals surface area contributed by atoms with E-state index in [4.69, 9.17) is 15.0 Å².